The molecule has 0 radical (unpaired) electrons. The molecule has 2 heteroatoms. The van der Waals surface area contributed by atoms with Crippen molar-refractivity contribution < 1.29 is 0 Å². The molecular formula is C59H39NS. The van der Waals surface area contributed by atoms with Crippen molar-refractivity contribution >= 4 is 28.4 Å². The number of fused-ring (bicyclic) bond motifs is 10. The molecule has 0 fully saturated rings. The van der Waals surface area contributed by atoms with Crippen LogP contribution in [0.5, 0.6) is 0 Å². The van der Waals surface area contributed by atoms with Crippen molar-refractivity contribution in [1.82, 2.24) is 0 Å². The quantitative estimate of drug-likeness (QED) is 0.155. The maximum absolute atomic E-state index is 2.51. The van der Waals surface area contributed by atoms with Crippen molar-refractivity contribution in [3.63, 3.8) is 0 Å². The standard InChI is InChI=1S/C59H39NS/c1-5-17-40(18-6-1)42-29-33-46(34-30-42)60(47-35-31-43(32-36-47)41-19-7-2-8-20-41)48-37-38-50-49-25-13-15-27-52(49)59(54(50)39-48)53-28-16-14-26-51(53)55-56(59)58(45-23-11-4-12-24-45)61-57(55)44-21-9-3-10-22-44/h1-39H. The third-order valence-electron chi connectivity index (χ3n) is 12.7. The first-order valence-electron chi connectivity index (χ1n) is 21.0. The fourth-order valence-corrected chi connectivity index (χ4v) is 11.5. The lowest BCUT2D eigenvalue weighted by Crippen LogP contribution is -2.26. The van der Waals surface area contributed by atoms with E-state index in [2.05, 4.69) is 241 Å². The molecule has 1 heterocycles. The van der Waals surface area contributed by atoms with Crippen LogP contribution in [0.25, 0.3) is 65.4 Å². The molecule has 286 valence electrons. The Balaban J connectivity index is 1.12. The number of benzene rings is 9. The van der Waals surface area contributed by atoms with Crippen molar-refractivity contribution in [2.75, 3.05) is 4.90 Å². The topological polar surface area (TPSA) is 3.24 Å². The third-order valence-corrected chi connectivity index (χ3v) is 14.0. The Morgan fingerprint density at radius 1 is 0.295 bits per heavy atom. The summed E-state index contributed by atoms with van der Waals surface area (Å²) in [6, 6.07) is 87.0. The van der Waals surface area contributed by atoms with Crippen molar-refractivity contribution in [3.8, 4) is 65.4 Å². The normalized spacial score (nSPS) is 14.3. The van der Waals surface area contributed by atoms with Crippen LogP contribution in [0.1, 0.15) is 22.3 Å². The van der Waals surface area contributed by atoms with Crippen LogP contribution in [0, 0.1) is 0 Å². The van der Waals surface area contributed by atoms with E-state index >= 15 is 0 Å². The van der Waals surface area contributed by atoms with Gasteiger partial charge in [0.25, 0.3) is 0 Å². The fourth-order valence-electron chi connectivity index (χ4n) is 10.1. The molecule has 1 aromatic heterocycles. The highest BCUT2D eigenvalue weighted by Crippen LogP contribution is 2.68. The zero-order chi connectivity index (χ0) is 40.3. The maximum atomic E-state index is 2.51. The maximum Gasteiger partial charge on any atom is 0.0740 e. The van der Waals surface area contributed by atoms with Gasteiger partial charge in [-0.2, -0.15) is 0 Å². The second-order valence-corrected chi connectivity index (χ2v) is 17.0. The molecular weight excluding hydrogens is 755 g/mol. The summed E-state index contributed by atoms with van der Waals surface area (Å²) < 4.78 is 0. The molecule has 0 aliphatic heterocycles. The van der Waals surface area contributed by atoms with Gasteiger partial charge in [0.2, 0.25) is 0 Å². The van der Waals surface area contributed by atoms with Gasteiger partial charge in [-0.05, 0) is 109 Å². The van der Waals surface area contributed by atoms with E-state index in [1.807, 2.05) is 11.3 Å². The van der Waals surface area contributed by atoms with Crippen LogP contribution in [0.4, 0.5) is 17.1 Å². The molecule has 12 rings (SSSR count). The van der Waals surface area contributed by atoms with Crippen LogP contribution in [0.15, 0.2) is 237 Å². The van der Waals surface area contributed by atoms with E-state index in [9.17, 15) is 0 Å². The zero-order valence-electron chi connectivity index (χ0n) is 33.4. The Morgan fingerprint density at radius 3 is 1.23 bits per heavy atom. The second-order valence-electron chi connectivity index (χ2n) is 16.0. The highest BCUT2D eigenvalue weighted by molar-refractivity contribution is 7.19. The van der Waals surface area contributed by atoms with E-state index in [1.54, 1.807) is 0 Å². The first-order valence-corrected chi connectivity index (χ1v) is 21.8. The molecule has 1 spiro atoms. The molecule has 0 saturated carbocycles. The lowest BCUT2D eigenvalue weighted by atomic mass is 9.70. The second kappa shape index (κ2) is 14.3. The third kappa shape index (κ3) is 5.53. The van der Waals surface area contributed by atoms with E-state index in [1.165, 1.54) is 87.6 Å². The lowest BCUT2D eigenvalue weighted by molar-refractivity contribution is 0.798. The summed E-state index contributed by atoms with van der Waals surface area (Å²) in [6.07, 6.45) is 0. The summed E-state index contributed by atoms with van der Waals surface area (Å²) in [5, 5.41) is 0. The van der Waals surface area contributed by atoms with Crippen LogP contribution >= 0.6 is 11.3 Å². The molecule has 0 amide bonds. The van der Waals surface area contributed by atoms with Gasteiger partial charge in [0, 0.05) is 32.4 Å². The minimum absolute atomic E-state index is 0.539. The first kappa shape index (κ1) is 35.4. The van der Waals surface area contributed by atoms with E-state index in [0.29, 0.717) is 0 Å². The van der Waals surface area contributed by atoms with Crippen LogP contribution in [0.3, 0.4) is 0 Å². The largest absolute Gasteiger partial charge is 0.310 e. The number of thiophene rings is 1. The van der Waals surface area contributed by atoms with Crippen molar-refractivity contribution in [2.45, 2.75) is 5.41 Å². The number of hydrogen-bond donors (Lipinski definition) is 0. The van der Waals surface area contributed by atoms with Gasteiger partial charge >= 0.3 is 0 Å². The highest BCUT2D eigenvalue weighted by atomic mass is 32.1. The first-order chi connectivity index (χ1) is 30.3. The summed E-state index contributed by atoms with van der Waals surface area (Å²) in [4.78, 5) is 5.08. The number of hydrogen-bond acceptors (Lipinski definition) is 2. The average molecular weight is 794 g/mol. The molecule has 2 aliphatic rings. The highest BCUT2D eigenvalue weighted by Gasteiger charge is 2.54. The number of anilines is 3. The van der Waals surface area contributed by atoms with Crippen LogP contribution < -0.4 is 4.90 Å². The Kier molecular flexibility index (Phi) is 8.33. The fraction of sp³-hybridized carbons (Fsp3) is 0.0169. The van der Waals surface area contributed by atoms with Gasteiger partial charge < -0.3 is 4.90 Å². The van der Waals surface area contributed by atoms with E-state index in [-0.39, 0.29) is 0 Å². The average Bonchev–Trinajstić information content (AvgIpc) is 3.98. The summed E-state index contributed by atoms with van der Waals surface area (Å²) in [6.45, 7) is 0. The molecule has 9 aromatic carbocycles. The molecule has 61 heavy (non-hydrogen) atoms. The van der Waals surface area contributed by atoms with Gasteiger partial charge in [0.05, 0.1) is 5.41 Å². The minimum atomic E-state index is -0.539. The van der Waals surface area contributed by atoms with Crippen molar-refractivity contribution in [2.24, 2.45) is 0 Å². The Morgan fingerprint density at radius 2 is 0.689 bits per heavy atom. The van der Waals surface area contributed by atoms with E-state index in [0.717, 1.165) is 17.1 Å². The Labute approximate surface area is 361 Å². The number of rotatable bonds is 7. The summed E-state index contributed by atoms with van der Waals surface area (Å²) in [7, 11) is 0. The van der Waals surface area contributed by atoms with Gasteiger partial charge in [-0.25, -0.2) is 0 Å². The molecule has 0 saturated heterocycles. The molecule has 0 bridgehead atoms. The van der Waals surface area contributed by atoms with E-state index < -0.39 is 5.41 Å². The SMILES string of the molecule is c1ccc(-c2ccc(N(c3ccc(-c4ccccc4)cc3)c3ccc4c(c3)C3(c5ccccc5-4)c4ccccc4-c4c(-c5ccccc5)sc(-c5ccccc5)c43)cc2)cc1. The summed E-state index contributed by atoms with van der Waals surface area (Å²) in [5.74, 6) is 0. The predicted molar refractivity (Wildman–Crippen MR) is 257 cm³/mol. The molecule has 1 nitrogen and oxygen atoms in total. The van der Waals surface area contributed by atoms with E-state index in [4.69, 9.17) is 0 Å². The van der Waals surface area contributed by atoms with Crippen molar-refractivity contribution in [3.05, 3.63) is 259 Å². The van der Waals surface area contributed by atoms with Gasteiger partial charge in [-0.1, -0.05) is 200 Å². The van der Waals surface area contributed by atoms with Gasteiger partial charge in [0.15, 0.2) is 0 Å². The molecule has 2 aliphatic carbocycles. The predicted octanol–water partition coefficient (Wildman–Crippen LogP) is 16.2. The molecule has 1 unspecified atom stereocenters. The summed E-state index contributed by atoms with van der Waals surface area (Å²) >= 11 is 1.93. The molecule has 10 aromatic rings. The van der Waals surface area contributed by atoms with Gasteiger partial charge in [0.1, 0.15) is 0 Å². The lowest BCUT2D eigenvalue weighted by Gasteiger charge is -2.32. The van der Waals surface area contributed by atoms with Crippen LogP contribution in [-0.2, 0) is 5.41 Å². The zero-order valence-corrected chi connectivity index (χ0v) is 34.2. The molecule has 1 atom stereocenters. The Bertz CT molecular complexity index is 3120. The van der Waals surface area contributed by atoms with Crippen LogP contribution in [0.2, 0.25) is 0 Å². The smallest absolute Gasteiger partial charge is 0.0740 e. The van der Waals surface area contributed by atoms with Gasteiger partial charge in [-0.3, -0.25) is 0 Å². The molecule has 0 N–H and O–H groups in total. The Hall–Kier alpha value is -7.52. The minimum Gasteiger partial charge on any atom is -0.310 e. The monoisotopic (exact) mass is 793 g/mol. The van der Waals surface area contributed by atoms with Crippen LogP contribution in [-0.4, -0.2) is 0 Å². The number of nitrogens with zero attached hydrogens (tertiary/aromatic N) is 1. The van der Waals surface area contributed by atoms with Gasteiger partial charge in [-0.15, -0.1) is 11.3 Å². The van der Waals surface area contributed by atoms with Crippen molar-refractivity contribution in [1.29, 1.82) is 0 Å². The summed E-state index contributed by atoms with van der Waals surface area (Å²) in [5.41, 5.74) is 20.7.